The molecular weight excluding hydrogens is 324 g/mol. The number of aromatic nitrogens is 2. The summed E-state index contributed by atoms with van der Waals surface area (Å²) >= 11 is 5.83. The van der Waals surface area contributed by atoms with Crippen molar-refractivity contribution in [1.82, 2.24) is 9.97 Å². The number of pyridine rings is 2. The van der Waals surface area contributed by atoms with E-state index in [9.17, 15) is 0 Å². The van der Waals surface area contributed by atoms with Crippen LogP contribution in [0.25, 0.3) is 11.1 Å². The fraction of sp³-hybridized carbons (Fsp3) is 0. The average Bonchev–Trinajstić information content (AvgIpc) is 2.65. The average molecular weight is 339 g/mol. The summed E-state index contributed by atoms with van der Waals surface area (Å²) in [5.74, 6) is -0.111. The molecule has 0 saturated heterocycles. The Hall–Kier alpha value is -3.12. The molecule has 0 aliphatic rings. The molecule has 4 N–H and O–H groups in total. The molecule has 0 unspecified atom stereocenters. The Morgan fingerprint density at radius 1 is 1.04 bits per heavy atom. The fourth-order valence-electron chi connectivity index (χ4n) is 1.82. The van der Waals surface area contributed by atoms with Gasteiger partial charge in [-0.2, -0.15) is 0 Å². The second kappa shape index (κ2) is 8.50. The van der Waals surface area contributed by atoms with Crippen molar-refractivity contribution in [3.8, 4) is 11.1 Å². The number of amidine groups is 1. The maximum atomic E-state index is 7.06. The van der Waals surface area contributed by atoms with Crippen molar-refractivity contribution in [1.29, 1.82) is 10.9 Å². The minimum absolute atomic E-state index is 0.111. The summed E-state index contributed by atoms with van der Waals surface area (Å²) in [5, 5.41) is 10.6. The zero-order valence-corrected chi connectivity index (χ0v) is 13.4. The van der Waals surface area contributed by atoms with Gasteiger partial charge in [0.1, 0.15) is 5.69 Å². The quantitative estimate of drug-likeness (QED) is 0.278. The van der Waals surface area contributed by atoms with Gasteiger partial charge in [-0.15, -0.1) is 5.11 Å². The number of nitrogens with two attached hydrogens (primary N) is 1. The Morgan fingerprint density at radius 3 is 2.46 bits per heavy atom. The molecule has 0 aliphatic carbocycles. The highest BCUT2D eigenvalue weighted by atomic mass is 35.5. The highest BCUT2D eigenvalue weighted by Crippen LogP contribution is 2.25. The van der Waals surface area contributed by atoms with Crippen molar-refractivity contribution in [2.45, 2.75) is 0 Å². The maximum Gasteiger partial charge on any atom is 0.192 e. The van der Waals surface area contributed by atoms with Crippen LogP contribution in [0, 0.1) is 10.9 Å². The number of hydrogen-bond donors (Lipinski definition) is 3. The lowest BCUT2D eigenvalue weighted by Crippen LogP contribution is -1.95. The van der Waals surface area contributed by atoms with Crippen LogP contribution < -0.4 is 5.73 Å². The maximum absolute atomic E-state index is 7.06. The Labute approximate surface area is 144 Å². The molecule has 3 rings (SSSR count). The van der Waals surface area contributed by atoms with Gasteiger partial charge < -0.3 is 5.73 Å². The van der Waals surface area contributed by atoms with Crippen molar-refractivity contribution in [2.24, 2.45) is 5.11 Å². The monoisotopic (exact) mass is 338 g/mol. The molecule has 3 aromatic rings. The molecule has 0 fully saturated rings. The zero-order valence-electron chi connectivity index (χ0n) is 12.6. The summed E-state index contributed by atoms with van der Waals surface area (Å²) in [5.41, 5.74) is 15.3. The Bertz CT molecular complexity index is 821. The first kappa shape index (κ1) is 17.2. The molecule has 0 radical (unpaired) electrons. The molecule has 0 bridgehead atoms. The van der Waals surface area contributed by atoms with Gasteiger partial charge in [0, 0.05) is 24.2 Å². The Morgan fingerprint density at radius 2 is 1.88 bits per heavy atom. The lowest BCUT2D eigenvalue weighted by atomic mass is 10.1. The van der Waals surface area contributed by atoms with Crippen LogP contribution in [0.1, 0.15) is 5.69 Å². The third kappa shape index (κ3) is 4.69. The van der Waals surface area contributed by atoms with Gasteiger partial charge in [0.15, 0.2) is 5.84 Å². The normalized spacial score (nSPS) is 9.54. The van der Waals surface area contributed by atoms with E-state index in [2.05, 4.69) is 15.1 Å². The van der Waals surface area contributed by atoms with Crippen molar-refractivity contribution in [3.63, 3.8) is 0 Å². The SMILES string of the molecule is N=NC(=N)c1ccccn1.Nc1cc(-c2cccnc2)ccc1Cl. The lowest BCUT2D eigenvalue weighted by Gasteiger charge is -2.03. The topological polar surface area (TPSA) is 112 Å². The zero-order chi connectivity index (χ0) is 17.4. The van der Waals surface area contributed by atoms with Crippen LogP contribution >= 0.6 is 11.6 Å². The van der Waals surface area contributed by atoms with Crippen molar-refractivity contribution >= 4 is 23.1 Å². The number of rotatable bonds is 2. The highest BCUT2D eigenvalue weighted by molar-refractivity contribution is 6.33. The summed E-state index contributed by atoms with van der Waals surface area (Å²) in [7, 11) is 0. The van der Waals surface area contributed by atoms with E-state index in [1.807, 2.05) is 24.3 Å². The summed E-state index contributed by atoms with van der Waals surface area (Å²) in [6.07, 6.45) is 5.10. The van der Waals surface area contributed by atoms with Gasteiger partial charge in [-0.05, 0) is 35.9 Å². The van der Waals surface area contributed by atoms with Crippen LogP contribution in [-0.2, 0) is 0 Å². The summed E-state index contributed by atoms with van der Waals surface area (Å²) in [6, 6.07) is 14.6. The van der Waals surface area contributed by atoms with Gasteiger partial charge in [0.05, 0.1) is 10.7 Å². The first-order valence-corrected chi connectivity index (χ1v) is 7.32. The highest BCUT2D eigenvalue weighted by Gasteiger charge is 2.00. The third-order valence-corrected chi connectivity index (χ3v) is 3.35. The van der Waals surface area contributed by atoms with Crippen LogP contribution in [0.3, 0.4) is 0 Å². The minimum Gasteiger partial charge on any atom is -0.398 e. The molecule has 2 aromatic heterocycles. The van der Waals surface area contributed by atoms with E-state index in [0.717, 1.165) is 11.1 Å². The van der Waals surface area contributed by atoms with Crippen LogP contribution in [0.2, 0.25) is 5.02 Å². The van der Waals surface area contributed by atoms with E-state index in [1.54, 1.807) is 42.9 Å². The van der Waals surface area contributed by atoms with Crippen molar-refractivity contribution < 1.29 is 0 Å². The second-order valence-corrected chi connectivity index (χ2v) is 5.06. The van der Waals surface area contributed by atoms with E-state index in [-0.39, 0.29) is 5.84 Å². The standard InChI is InChI=1S/C11H9ClN2.C6H6N4/c12-10-4-3-8(6-11(10)13)9-2-1-5-14-7-9;7-6(10-8)5-3-1-2-4-9-5/h1-7H,13H2;1-4,7-8H. The molecule has 0 amide bonds. The number of anilines is 1. The van der Waals surface area contributed by atoms with Gasteiger partial charge in [0.2, 0.25) is 0 Å². The molecule has 6 nitrogen and oxygen atoms in total. The van der Waals surface area contributed by atoms with Gasteiger partial charge in [-0.1, -0.05) is 29.8 Å². The van der Waals surface area contributed by atoms with Gasteiger partial charge in [-0.25, -0.2) is 5.53 Å². The number of hydrogen-bond acceptors (Lipinski definition) is 5. The summed E-state index contributed by atoms with van der Waals surface area (Å²) < 4.78 is 0. The molecule has 0 aliphatic heterocycles. The minimum atomic E-state index is -0.111. The van der Waals surface area contributed by atoms with Crippen molar-refractivity contribution in [2.75, 3.05) is 5.73 Å². The number of nitrogens with one attached hydrogen (secondary N) is 2. The largest absolute Gasteiger partial charge is 0.398 e. The van der Waals surface area contributed by atoms with Crippen LogP contribution in [0.4, 0.5) is 5.69 Å². The molecule has 0 spiro atoms. The predicted molar refractivity (Wildman–Crippen MR) is 95.3 cm³/mol. The smallest absolute Gasteiger partial charge is 0.192 e. The second-order valence-electron chi connectivity index (χ2n) is 4.65. The predicted octanol–water partition coefficient (Wildman–Crippen LogP) is 4.42. The van der Waals surface area contributed by atoms with Crippen LogP contribution in [0.5, 0.6) is 0 Å². The lowest BCUT2D eigenvalue weighted by molar-refractivity contribution is 1.14. The molecule has 120 valence electrons. The summed E-state index contributed by atoms with van der Waals surface area (Å²) in [4.78, 5) is 7.85. The van der Waals surface area contributed by atoms with Crippen LogP contribution in [0.15, 0.2) is 72.2 Å². The molecule has 24 heavy (non-hydrogen) atoms. The first-order valence-electron chi connectivity index (χ1n) is 6.94. The van der Waals surface area contributed by atoms with E-state index >= 15 is 0 Å². The Balaban J connectivity index is 0.000000185. The number of halogens is 1. The van der Waals surface area contributed by atoms with Crippen molar-refractivity contribution in [3.05, 3.63) is 77.8 Å². The first-order chi connectivity index (χ1) is 11.6. The van der Waals surface area contributed by atoms with E-state index in [4.69, 9.17) is 28.3 Å². The van der Waals surface area contributed by atoms with E-state index in [1.165, 1.54) is 0 Å². The van der Waals surface area contributed by atoms with Gasteiger partial charge in [0.25, 0.3) is 0 Å². The summed E-state index contributed by atoms with van der Waals surface area (Å²) in [6.45, 7) is 0. The molecule has 0 atom stereocenters. The van der Waals surface area contributed by atoms with E-state index < -0.39 is 0 Å². The number of nitrogens with zero attached hydrogens (tertiary/aromatic N) is 3. The van der Waals surface area contributed by atoms with Gasteiger partial charge >= 0.3 is 0 Å². The molecule has 2 heterocycles. The van der Waals surface area contributed by atoms with E-state index in [0.29, 0.717) is 16.4 Å². The third-order valence-electron chi connectivity index (χ3n) is 3.01. The fourth-order valence-corrected chi connectivity index (χ4v) is 1.93. The molecule has 7 heteroatoms. The Kier molecular flexibility index (Phi) is 6.10. The number of nitrogen functional groups attached to an aromatic ring is 1. The molecule has 1 aromatic carbocycles. The number of benzene rings is 1. The van der Waals surface area contributed by atoms with Gasteiger partial charge in [-0.3, -0.25) is 15.4 Å². The molecule has 0 saturated carbocycles. The molecular formula is C17H15ClN6. The van der Waals surface area contributed by atoms with Crippen LogP contribution in [-0.4, -0.2) is 15.8 Å².